The fourth-order valence-corrected chi connectivity index (χ4v) is 2.56. The van der Waals surface area contributed by atoms with Crippen LogP contribution >= 0.6 is 11.6 Å². The summed E-state index contributed by atoms with van der Waals surface area (Å²) in [4.78, 5) is 0. The highest BCUT2D eigenvalue weighted by Gasteiger charge is 2.06. The van der Waals surface area contributed by atoms with E-state index in [4.69, 9.17) is 22.1 Å². The summed E-state index contributed by atoms with van der Waals surface area (Å²) in [5.41, 5.74) is 6.78. The van der Waals surface area contributed by atoms with Gasteiger partial charge >= 0.3 is 0 Å². The number of halogens is 1. The van der Waals surface area contributed by atoms with Gasteiger partial charge in [0.1, 0.15) is 15.6 Å². The van der Waals surface area contributed by atoms with Gasteiger partial charge in [-0.25, -0.2) is 8.42 Å². The molecule has 0 spiro atoms. The first-order chi connectivity index (χ1) is 8.78. The average molecular weight is 306 g/mol. The summed E-state index contributed by atoms with van der Waals surface area (Å²) in [7, 11) is -2.94. The molecule has 1 unspecified atom stereocenters. The van der Waals surface area contributed by atoms with Crippen LogP contribution < -0.4 is 10.5 Å². The zero-order chi connectivity index (χ0) is 14.5. The first kappa shape index (κ1) is 16.3. The number of sulfone groups is 1. The van der Waals surface area contributed by atoms with E-state index < -0.39 is 9.84 Å². The molecule has 0 fully saturated rings. The van der Waals surface area contributed by atoms with Gasteiger partial charge in [-0.05, 0) is 37.5 Å². The lowest BCUT2D eigenvalue weighted by Crippen LogP contribution is -2.17. The Kier molecular flexibility index (Phi) is 6.10. The minimum atomic E-state index is -2.94. The van der Waals surface area contributed by atoms with E-state index in [0.29, 0.717) is 23.8 Å². The van der Waals surface area contributed by atoms with E-state index in [2.05, 4.69) is 0 Å². The van der Waals surface area contributed by atoms with E-state index in [-0.39, 0.29) is 11.8 Å². The van der Waals surface area contributed by atoms with Crippen LogP contribution in [0.4, 0.5) is 0 Å². The topological polar surface area (TPSA) is 69.4 Å². The average Bonchev–Trinajstić information content (AvgIpc) is 2.24. The SMILES string of the molecule is CC(N)Cc1ccc(OCCCS(C)(=O)=O)c(Cl)c1. The fourth-order valence-electron chi connectivity index (χ4n) is 1.66. The summed E-state index contributed by atoms with van der Waals surface area (Å²) in [6.07, 6.45) is 2.42. The van der Waals surface area contributed by atoms with Crippen molar-refractivity contribution in [1.29, 1.82) is 0 Å². The molecule has 0 bridgehead atoms. The van der Waals surface area contributed by atoms with Gasteiger partial charge in [0, 0.05) is 12.3 Å². The normalized spacial score (nSPS) is 13.3. The van der Waals surface area contributed by atoms with Gasteiger partial charge in [0.15, 0.2) is 0 Å². The van der Waals surface area contributed by atoms with Crippen molar-refractivity contribution >= 4 is 21.4 Å². The van der Waals surface area contributed by atoms with Crippen LogP contribution in [0.3, 0.4) is 0 Å². The second-order valence-electron chi connectivity index (χ2n) is 4.78. The third-order valence-electron chi connectivity index (χ3n) is 2.47. The van der Waals surface area contributed by atoms with Crippen molar-refractivity contribution in [2.75, 3.05) is 18.6 Å². The van der Waals surface area contributed by atoms with Crippen molar-refractivity contribution in [2.45, 2.75) is 25.8 Å². The molecule has 1 aromatic carbocycles. The van der Waals surface area contributed by atoms with Crippen LogP contribution in [0.1, 0.15) is 18.9 Å². The van der Waals surface area contributed by atoms with Gasteiger partial charge in [-0.2, -0.15) is 0 Å². The Hall–Kier alpha value is -0.780. The van der Waals surface area contributed by atoms with Gasteiger partial charge in [-0.15, -0.1) is 0 Å². The van der Waals surface area contributed by atoms with Crippen molar-refractivity contribution in [3.05, 3.63) is 28.8 Å². The van der Waals surface area contributed by atoms with Crippen molar-refractivity contribution in [3.63, 3.8) is 0 Å². The van der Waals surface area contributed by atoms with Gasteiger partial charge < -0.3 is 10.5 Å². The molecule has 6 heteroatoms. The summed E-state index contributed by atoms with van der Waals surface area (Å²) in [6, 6.07) is 5.62. The summed E-state index contributed by atoms with van der Waals surface area (Å²) in [5, 5.41) is 0.525. The number of ether oxygens (including phenoxy) is 1. The zero-order valence-corrected chi connectivity index (χ0v) is 12.8. The molecule has 1 rings (SSSR count). The summed E-state index contributed by atoms with van der Waals surface area (Å²) >= 11 is 6.10. The Bertz CT molecular complexity index is 515. The third kappa shape index (κ3) is 6.80. The summed E-state index contributed by atoms with van der Waals surface area (Å²) < 4.78 is 27.4. The van der Waals surface area contributed by atoms with Crippen LogP contribution in [-0.4, -0.2) is 33.1 Å². The Morgan fingerprint density at radius 1 is 1.42 bits per heavy atom. The van der Waals surface area contributed by atoms with Gasteiger partial charge in [-0.3, -0.25) is 0 Å². The zero-order valence-electron chi connectivity index (χ0n) is 11.2. The smallest absolute Gasteiger partial charge is 0.147 e. The predicted octanol–water partition coefficient (Wildman–Crippen LogP) is 2.04. The van der Waals surface area contributed by atoms with Crippen LogP contribution in [0.15, 0.2) is 18.2 Å². The first-order valence-corrected chi connectivity index (χ1v) is 8.56. The lowest BCUT2D eigenvalue weighted by Gasteiger charge is -2.10. The van der Waals surface area contributed by atoms with Crippen molar-refractivity contribution < 1.29 is 13.2 Å². The number of rotatable bonds is 7. The molecule has 0 radical (unpaired) electrons. The van der Waals surface area contributed by atoms with Gasteiger partial charge in [0.05, 0.1) is 17.4 Å². The molecule has 0 heterocycles. The van der Waals surface area contributed by atoms with Crippen LogP contribution in [0.2, 0.25) is 5.02 Å². The van der Waals surface area contributed by atoms with Crippen LogP contribution in [0.5, 0.6) is 5.75 Å². The highest BCUT2D eigenvalue weighted by Crippen LogP contribution is 2.26. The number of hydrogen-bond donors (Lipinski definition) is 1. The van der Waals surface area contributed by atoms with Crippen molar-refractivity contribution in [1.82, 2.24) is 0 Å². The van der Waals surface area contributed by atoms with E-state index in [1.54, 1.807) is 6.07 Å². The largest absolute Gasteiger partial charge is 0.492 e. The highest BCUT2D eigenvalue weighted by atomic mass is 35.5. The second kappa shape index (κ2) is 7.12. The number of benzene rings is 1. The van der Waals surface area contributed by atoms with Gasteiger partial charge in [0.2, 0.25) is 0 Å². The molecule has 0 saturated heterocycles. The molecule has 108 valence electrons. The molecular formula is C13H20ClNO3S. The maximum Gasteiger partial charge on any atom is 0.147 e. The summed E-state index contributed by atoms with van der Waals surface area (Å²) in [6.45, 7) is 2.27. The molecule has 0 amide bonds. The Morgan fingerprint density at radius 2 is 2.11 bits per heavy atom. The van der Waals surface area contributed by atoms with E-state index >= 15 is 0 Å². The predicted molar refractivity (Wildman–Crippen MR) is 78.6 cm³/mol. The Balaban J connectivity index is 2.51. The van der Waals surface area contributed by atoms with Crippen LogP contribution in [0.25, 0.3) is 0 Å². The van der Waals surface area contributed by atoms with Crippen molar-refractivity contribution in [3.8, 4) is 5.75 Å². The van der Waals surface area contributed by atoms with E-state index in [9.17, 15) is 8.42 Å². The third-order valence-corrected chi connectivity index (χ3v) is 3.80. The molecule has 2 N–H and O–H groups in total. The molecule has 4 nitrogen and oxygen atoms in total. The molecular weight excluding hydrogens is 286 g/mol. The number of hydrogen-bond acceptors (Lipinski definition) is 4. The fraction of sp³-hybridized carbons (Fsp3) is 0.538. The monoisotopic (exact) mass is 305 g/mol. The van der Waals surface area contributed by atoms with Gasteiger partial charge in [-0.1, -0.05) is 17.7 Å². The quantitative estimate of drug-likeness (QED) is 0.783. The minimum absolute atomic E-state index is 0.0811. The van der Waals surface area contributed by atoms with Crippen molar-refractivity contribution in [2.24, 2.45) is 5.73 Å². The number of nitrogens with two attached hydrogens (primary N) is 1. The maximum absolute atomic E-state index is 11.0. The van der Waals surface area contributed by atoms with E-state index in [1.807, 2.05) is 19.1 Å². The molecule has 0 saturated carbocycles. The molecule has 0 aliphatic heterocycles. The molecule has 0 aliphatic rings. The first-order valence-electron chi connectivity index (χ1n) is 6.12. The minimum Gasteiger partial charge on any atom is -0.492 e. The summed E-state index contributed by atoms with van der Waals surface area (Å²) in [5.74, 6) is 0.691. The molecule has 1 atom stereocenters. The van der Waals surface area contributed by atoms with E-state index in [1.165, 1.54) is 6.26 Å². The Morgan fingerprint density at radius 3 is 2.63 bits per heavy atom. The van der Waals surface area contributed by atoms with Gasteiger partial charge in [0.25, 0.3) is 0 Å². The lowest BCUT2D eigenvalue weighted by atomic mass is 10.1. The molecule has 1 aromatic rings. The van der Waals surface area contributed by atoms with E-state index in [0.717, 1.165) is 12.0 Å². The standard InChI is InChI=1S/C13H20ClNO3S/c1-10(15)8-11-4-5-13(12(14)9-11)18-6-3-7-19(2,16)17/h4-5,9-10H,3,6-8,15H2,1-2H3. The van der Waals surface area contributed by atoms with Crippen LogP contribution in [0, 0.1) is 0 Å². The lowest BCUT2D eigenvalue weighted by molar-refractivity contribution is 0.318. The maximum atomic E-state index is 11.0. The molecule has 0 aromatic heterocycles. The highest BCUT2D eigenvalue weighted by molar-refractivity contribution is 7.90. The Labute approximate surface area is 119 Å². The molecule has 0 aliphatic carbocycles. The van der Waals surface area contributed by atoms with Crippen LogP contribution in [-0.2, 0) is 16.3 Å². The second-order valence-corrected chi connectivity index (χ2v) is 7.45. The molecule has 19 heavy (non-hydrogen) atoms.